The summed E-state index contributed by atoms with van der Waals surface area (Å²) < 4.78 is 11.4. The summed E-state index contributed by atoms with van der Waals surface area (Å²) in [5.41, 5.74) is 2.30. The van der Waals surface area contributed by atoms with E-state index in [2.05, 4.69) is 28.4 Å². The van der Waals surface area contributed by atoms with Gasteiger partial charge in [-0.1, -0.05) is 6.92 Å². The van der Waals surface area contributed by atoms with Crippen molar-refractivity contribution in [3.05, 3.63) is 10.9 Å². The summed E-state index contributed by atoms with van der Waals surface area (Å²) in [6, 6.07) is 2.07. The van der Waals surface area contributed by atoms with E-state index < -0.39 is 0 Å². The number of aromatic nitrogens is 2. The molecule has 2 aromatic heterocycles. The van der Waals surface area contributed by atoms with E-state index in [0.717, 1.165) is 16.6 Å². The third kappa shape index (κ3) is 4.26. The van der Waals surface area contributed by atoms with E-state index in [0.29, 0.717) is 25.0 Å². The lowest BCUT2D eigenvalue weighted by Crippen LogP contribution is -2.22. The molecule has 0 atom stereocenters. The fraction of sp³-hybridized carbons (Fsp3) is 0.571. The summed E-state index contributed by atoms with van der Waals surface area (Å²) in [6.07, 6.45) is 0.957. The molecule has 0 aliphatic carbocycles. The molecular formula is C14H22N4O2S. The largest absolute Gasteiger partial charge is 0.475 e. The quantitative estimate of drug-likeness (QED) is 0.485. The van der Waals surface area contributed by atoms with Gasteiger partial charge in [-0.2, -0.15) is 4.98 Å². The molecule has 0 spiro atoms. The Morgan fingerprint density at radius 1 is 1.29 bits per heavy atom. The van der Waals surface area contributed by atoms with Crippen molar-refractivity contribution < 1.29 is 9.47 Å². The van der Waals surface area contributed by atoms with Crippen LogP contribution in [0.2, 0.25) is 0 Å². The summed E-state index contributed by atoms with van der Waals surface area (Å²) in [7, 11) is 0. The molecule has 0 aliphatic heterocycles. The highest BCUT2D eigenvalue weighted by molar-refractivity contribution is 7.18. The summed E-state index contributed by atoms with van der Waals surface area (Å²) in [4.78, 5) is 10.7. The normalized spacial score (nSPS) is 11.9. The molecule has 2 rings (SSSR count). The number of nitrogens with one attached hydrogen (secondary N) is 1. The van der Waals surface area contributed by atoms with Crippen LogP contribution in [0.25, 0.3) is 10.2 Å². The number of ether oxygens (including phenoxy) is 2. The molecule has 21 heavy (non-hydrogen) atoms. The molecule has 0 aliphatic rings. The Bertz CT molecular complexity index is 607. The van der Waals surface area contributed by atoms with Crippen LogP contribution in [0.4, 0.5) is 5.95 Å². The van der Waals surface area contributed by atoms with Gasteiger partial charge >= 0.3 is 0 Å². The predicted octanol–water partition coefficient (Wildman–Crippen LogP) is 2.73. The van der Waals surface area contributed by atoms with Crippen molar-refractivity contribution in [3.8, 4) is 5.88 Å². The second-order valence-electron chi connectivity index (χ2n) is 5.59. The Morgan fingerprint density at radius 3 is 2.67 bits per heavy atom. The molecule has 116 valence electrons. The number of hydrazine groups is 1. The average Bonchev–Trinajstić information content (AvgIpc) is 2.85. The lowest BCUT2D eigenvalue weighted by Gasteiger charge is -2.19. The lowest BCUT2D eigenvalue weighted by atomic mass is 10.2. The first-order valence-corrected chi connectivity index (χ1v) is 7.78. The Kier molecular flexibility index (Phi) is 4.97. The molecule has 0 saturated carbocycles. The van der Waals surface area contributed by atoms with E-state index in [4.69, 9.17) is 15.3 Å². The topological polar surface area (TPSA) is 82.3 Å². The number of aryl methyl sites for hydroxylation is 1. The third-order valence-corrected chi connectivity index (χ3v) is 3.92. The van der Waals surface area contributed by atoms with Crippen molar-refractivity contribution in [2.75, 3.05) is 18.6 Å². The molecule has 0 unspecified atom stereocenters. The number of nitrogen functional groups attached to an aromatic ring is 1. The zero-order valence-corrected chi connectivity index (χ0v) is 13.7. The van der Waals surface area contributed by atoms with Gasteiger partial charge < -0.3 is 9.47 Å². The Labute approximate surface area is 128 Å². The van der Waals surface area contributed by atoms with Gasteiger partial charge in [-0.3, -0.25) is 5.43 Å². The zero-order valence-electron chi connectivity index (χ0n) is 12.9. The summed E-state index contributed by atoms with van der Waals surface area (Å²) >= 11 is 1.63. The van der Waals surface area contributed by atoms with Crippen LogP contribution in [0.5, 0.6) is 5.88 Å². The maximum atomic E-state index is 5.75. The van der Waals surface area contributed by atoms with Crippen molar-refractivity contribution in [2.24, 2.45) is 5.84 Å². The highest BCUT2D eigenvalue weighted by Crippen LogP contribution is 2.31. The Morgan fingerprint density at radius 2 is 2.05 bits per heavy atom. The van der Waals surface area contributed by atoms with E-state index in [1.165, 1.54) is 4.88 Å². The summed E-state index contributed by atoms with van der Waals surface area (Å²) in [5.74, 6) is 6.31. The molecule has 3 N–H and O–H groups in total. The van der Waals surface area contributed by atoms with Crippen LogP contribution in [0.1, 0.15) is 32.6 Å². The zero-order chi connectivity index (χ0) is 15.5. The number of anilines is 1. The van der Waals surface area contributed by atoms with Gasteiger partial charge in [-0.05, 0) is 33.3 Å². The van der Waals surface area contributed by atoms with Crippen molar-refractivity contribution >= 4 is 27.5 Å². The van der Waals surface area contributed by atoms with Gasteiger partial charge in [0.2, 0.25) is 11.8 Å². The third-order valence-electron chi connectivity index (χ3n) is 2.74. The SMILES string of the molecule is CCc1cc2c(OCCOC(C)(C)C)nc(NN)nc2s1. The maximum absolute atomic E-state index is 5.75. The molecule has 2 heterocycles. The highest BCUT2D eigenvalue weighted by atomic mass is 32.1. The average molecular weight is 310 g/mol. The van der Waals surface area contributed by atoms with Gasteiger partial charge in [0.15, 0.2) is 0 Å². The van der Waals surface area contributed by atoms with Gasteiger partial charge in [-0.25, -0.2) is 10.8 Å². The van der Waals surface area contributed by atoms with Crippen LogP contribution in [-0.4, -0.2) is 28.8 Å². The van der Waals surface area contributed by atoms with Gasteiger partial charge in [-0.15, -0.1) is 11.3 Å². The highest BCUT2D eigenvalue weighted by Gasteiger charge is 2.13. The van der Waals surface area contributed by atoms with Crippen LogP contribution in [0.3, 0.4) is 0 Å². The number of nitrogens with zero attached hydrogens (tertiary/aromatic N) is 2. The fourth-order valence-electron chi connectivity index (χ4n) is 1.78. The lowest BCUT2D eigenvalue weighted by molar-refractivity contribution is -0.0166. The van der Waals surface area contributed by atoms with Crippen LogP contribution in [0, 0.1) is 0 Å². The molecule has 7 heteroatoms. The van der Waals surface area contributed by atoms with E-state index in [9.17, 15) is 0 Å². The second kappa shape index (κ2) is 6.55. The number of hydrogen-bond donors (Lipinski definition) is 2. The first kappa shape index (κ1) is 15.9. The monoisotopic (exact) mass is 310 g/mol. The Balaban J connectivity index is 2.15. The molecule has 0 fully saturated rings. The van der Waals surface area contributed by atoms with Crippen LogP contribution < -0.4 is 16.0 Å². The predicted molar refractivity (Wildman–Crippen MR) is 85.8 cm³/mol. The minimum Gasteiger partial charge on any atom is -0.475 e. The van der Waals surface area contributed by atoms with Crippen molar-refractivity contribution in [2.45, 2.75) is 39.7 Å². The second-order valence-corrected chi connectivity index (χ2v) is 6.71. The van der Waals surface area contributed by atoms with Crippen LogP contribution >= 0.6 is 11.3 Å². The van der Waals surface area contributed by atoms with Crippen LogP contribution in [0.15, 0.2) is 6.07 Å². The van der Waals surface area contributed by atoms with Crippen LogP contribution in [-0.2, 0) is 11.2 Å². The molecule has 0 radical (unpaired) electrons. The molecule has 6 nitrogen and oxygen atoms in total. The number of fused-ring (bicyclic) bond motifs is 1. The maximum Gasteiger partial charge on any atom is 0.241 e. The molecule has 0 bridgehead atoms. The first-order chi connectivity index (χ1) is 9.93. The van der Waals surface area contributed by atoms with Gasteiger partial charge in [0.05, 0.1) is 17.6 Å². The minimum atomic E-state index is -0.175. The van der Waals surface area contributed by atoms with Crippen molar-refractivity contribution in [1.29, 1.82) is 0 Å². The molecular weight excluding hydrogens is 288 g/mol. The standard InChI is InChI=1S/C14H22N4O2S/c1-5-9-8-10-11(19-6-7-20-14(2,3)4)16-13(18-15)17-12(10)21-9/h8H,5-7,15H2,1-4H3,(H,16,17,18). The van der Waals surface area contributed by atoms with E-state index in [1.807, 2.05) is 20.8 Å². The van der Waals surface area contributed by atoms with Crippen molar-refractivity contribution in [1.82, 2.24) is 9.97 Å². The number of thiophene rings is 1. The summed E-state index contributed by atoms with van der Waals surface area (Å²) in [6.45, 7) is 9.09. The van der Waals surface area contributed by atoms with Gasteiger partial charge in [0.1, 0.15) is 11.4 Å². The first-order valence-electron chi connectivity index (χ1n) is 6.96. The molecule has 0 saturated heterocycles. The Hall–Kier alpha value is -1.44. The van der Waals surface area contributed by atoms with E-state index in [1.54, 1.807) is 11.3 Å². The molecule has 0 aromatic carbocycles. The van der Waals surface area contributed by atoms with E-state index in [-0.39, 0.29) is 5.60 Å². The molecule has 0 amide bonds. The number of nitrogens with two attached hydrogens (primary N) is 1. The molecule has 2 aromatic rings. The number of rotatable bonds is 6. The van der Waals surface area contributed by atoms with Crippen molar-refractivity contribution in [3.63, 3.8) is 0 Å². The smallest absolute Gasteiger partial charge is 0.241 e. The van der Waals surface area contributed by atoms with E-state index >= 15 is 0 Å². The summed E-state index contributed by atoms with van der Waals surface area (Å²) in [5, 5.41) is 0.923. The number of hydrogen-bond acceptors (Lipinski definition) is 7. The minimum absolute atomic E-state index is 0.175. The fourth-order valence-corrected chi connectivity index (χ4v) is 2.74. The van der Waals surface area contributed by atoms with Gasteiger partial charge in [0, 0.05) is 4.88 Å². The van der Waals surface area contributed by atoms with Gasteiger partial charge in [0.25, 0.3) is 0 Å².